The van der Waals surface area contributed by atoms with Crippen LogP contribution >= 0.6 is 0 Å². The summed E-state index contributed by atoms with van der Waals surface area (Å²) >= 11 is 0. The van der Waals surface area contributed by atoms with Crippen LogP contribution in [0.5, 0.6) is 5.75 Å². The Bertz CT molecular complexity index is 324. The number of rotatable bonds is 7. The third-order valence-electron chi connectivity index (χ3n) is 2.50. The van der Waals surface area contributed by atoms with Gasteiger partial charge in [0.25, 0.3) is 5.91 Å². The number of unbranched alkanes of at least 4 members (excludes halogenated alkanes) is 2. The summed E-state index contributed by atoms with van der Waals surface area (Å²) in [5, 5.41) is 2.87. The minimum atomic E-state index is -0.445. The molecule has 0 saturated carbocycles. The van der Waals surface area contributed by atoms with E-state index in [-0.39, 0.29) is 5.91 Å². The van der Waals surface area contributed by atoms with Gasteiger partial charge in [0.05, 0.1) is 0 Å². The van der Waals surface area contributed by atoms with Crippen molar-refractivity contribution >= 4 is 5.91 Å². The highest BCUT2D eigenvalue weighted by Gasteiger charge is 2.13. The number of benzene rings is 1. The highest BCUT2D eigenvalue weighted by Crippen LogP contribution is 2.10. The molecule has 1 unspecified atom stereocenters. The molecule has 1 amide bonds. The van der Waals surface area contributed by atoms with Gasteiger partial charge in [-0.1, -0.05) is 38.0 Å². The van der Waals surface area contributed by atoms with Crippen molar-refractivity contribution in [3.8, 4) is 5.75 Å². The number of carbonyl (C=O) groups is 1. The van der Waals surface area contributed by atoms with Crippen molar-refractivity contribution in [1.82, 2.24) is 5.32 Å². The lowest BCUT2D eigenvalue weighted by molar-refractivity contribution is -0.127. The van der Waals surface area contributed by atoms with Gasteiger partial charge in [-0.05, 0) is 25.5 Å². The molecule has 3 nitrogen and oxygen atoms in total. The largest absolute Gasteiger partial charge is 0.481 e. The Morgan fingerprint density at radius 3 is 2.65 bits per heavy atom. The topological polar surface area (TPSA) is 38.3 Å². The fourth-order valence-corrected chi connectivity index (χ4v) is 1.49. The molecule has 1 aromatic carbocycles. The highest BCUT2D eigenvalue weighted by molar-refractivity contribution is 5.80. The maximum absolute atomic E-state index is 11.7. The second-order valence-corrected chi connectivity index (χ2v) is 4.07. The average Bonchev–Trinajstić information content (AvgIpc) is 2.35. The third-order valence-corrected chi connectivity index (χ3v) is 2.50. The number of amides is 1. The van der Waals surface area contributed by atoms with Crippen molar-refractivity contribution in [2.45, 2.75) is 39.2 Å². The molecule has 0 aliphatic rings. The van der Waals surface area contributed by atoms with Crippen molar-refractivity contribution in [1.29, 1.82) is 0 Å². The van der Waals surface area contributed by atoms with Gasteiger partial charge in [0, 0.05) is 6.54 Å². The minimum absolute atomic E-state index is 0.0510. The lowest BCUT2D eigenvalue weighted by Crippen LogP contribution is -2.36. The first-order valence-electron chi connectivity index (χ1n) is 6.23. The van der Waals surface area contributed by atoms with Gasteiger partial charge in [-0.15, -0.1) is 0 Å². The molecule has 1 N–H and O–H groups in total. The molecule has 3 heteroatoms. The highest BCUT2D eigenvalue weighted by atomic mass is 16.5. The van der Waals surface area contributed by atoms with E-state index in [2.05, 4.69) is 12.2 Å². The molecule has 0 bridgehead atoms. The van der Waals surface area contributed by atoms with E-state index < -0.39 is 6.10 Å². The Hall–Kier alpha value is -1.51. The maximum atomic E-state index is 11.7. The zero-order chi connectivity index (χ0) is 12.5. The van der Waals surface area contributed by atoms with E-state index >= 15 is 0 Å². The number of hydrogen-bond donors (Lipinski definition) is 1. The van der Waals surface area contributed by atoms with Crippen molar-refractivity contribution in [2.75, 3.05) is 6.54 Å². The molecule has 0 aromatic heterocycles. The second-order valence-electron chi connectivity index (χ2n) is 4.07. The zero-order valence-corrected chi connectivity index (χ0v) is 10.6. The lowest BCUT2D eigenvalue weighted by Gasteiger charge is -2.14. The standard InChI is InChI=1S/C14H21NO2/c1-3-4-8-11-15-14(16)12(2)17-13-9-6-5-7-10-13/h5-7,9-10,12H,3-4,8,11H2,1-2H3,(H,15,16). The summed E-state index contributed by atoms with van der Waals surface area (Å²) in [6.07, 6.45) is 2.89. The molecule has 1 atom stereocenters. The molecule has 0 radical (unpaired) electrons. The first-order valence-corrected chi connectivity index (χ1v) is 6.23. The van der Waals surface area contributed by atoms with Crippen molar-refractivity contribution in [2.24, 2.45) is 0 Å². The van der Waals surface area contributed by atoms with Crippen LogP contribution in [-0.2, 0) is 4.79 Å². The van der Waals surface area contributed by atoms with Gasteiger partial charge in [-0.3, -0.25) is 4.79 Å². The Labute approximate surface area is 103 Å². The summed E-state index contributed by atoms with van der Waals surface area (Å²) in [5.41, 5.74) is 0. The van der Waals surface area contributed by atoms with E-state index in [4.69, 9.17) is 4.74 Å². The lowest BCUT2D eigenvalue weighted by atomic mass is 10.2. The Balaban J connectivity index is 2.27. The molecular weight excluding hydrogens is 214 g/mol. The van der Waals surface area contributed by atoms with Crippen LogP contribution in [0.4, 0.5) is 0 Å². The van der Waals surface area contributed by atoms with E-state index in [9.17, 15) is 4.79 Å². The molecule has 17 heavy (non-hydrogen) atoms. The van der Waals surface area contributed by atoms with E-state index in [1.807, 2.05) is 30.3 Å². The monoisotopic (exact) mass is 235 g/mol. The summed E-state index contributed by atoms with van der Waals surface area (Å²) < 4.78 is 5.52. The van der Waals surface area contributed by atoms with Gasteiger partial charge in [0.2, 0.25) is 0 Å². The smallest absolute Gasteiger partial charge is 0.260 e. The van der Waals surface area contributed by atoms with Crippen LogP contribution in [0, 0.1) is 0 Å². The van der Waals surface area contributed by atoms with Crippen LogP contribution in [-0.4, -0.2) is 18.6 Å². The maximum Gasteiger partial charge on any atom is 0.260 e. The summed E-state index contributed by atoms with van der Waals surface area (Å²) in [4.78, 5) is 11.7. The number of nitrogens with one attached hydrogen (secondary N) is 1. The van der Waals surface area contributed by atoms with Crippen LogP contribution in [0.1, 0.15) is 33.1 Å². The molecule has 0 aliphatic heterocycles. The van der Waals surface area contributed by atoms with Crippen LogP contribution in [0.15, 0.2) is 30.3 Å². The van der Waals surface area contributed by atoms with Crippen molar-refractivity contribution < 1.29 is 9.53 Å². The second kappa shape index (κ2) is 7.71. The third kappa shape index (κ3) is 5.38. The van der Waals surface area contributed by atoms with Crippen LogP contribution < -0.4 is 10.1 Å². The molecule has 0 saturated heterocycles. The summed E-state index contributed by atoms with van der Waals surface area (Å²) in [6, 6.07) is 9.40. The Kier molecular flexibility index (Phi) is 6.15. The number of para-hydroxylation sites is 1. The van der Waals surface area contributed by atoms with Crippen LogP contribution in [0.25, 0.3) is 0 Å². The molecule has 1 aromatic rings. The summed E-state index contributed by atoms with van der Waals surface area (Å²) in [6.45, 7) is 4.64. The Morgan fingerprint density at radius 2 is 2.00 bits per heavy atom. The summed E-state index contributed by atoms with van der Waals surface area (Å²) in [5.74, 6) is 0.675. The zero-order valence-electron chi connectivity index (χ0n) is 10.6. The van der Waals surface area contributed by atoms with E-state index in [0.717, 1.165) is 31.6 Å². The van der Waals surface area contributed by atoms with Gasteiger partial charge >= 0.3 is 0 Å². The van der Waals surface area contributed by atoms with Gasteiger partial charge in [0.15, 0.2) is 6.10 Å². The predicted molar refractivity (Wildman–Crippen MR) is 69.1 cm³/mol. The number of carbonyl (C=O) groups excluding carboxylic acids is 1. The first-order chi connectivity index (χ1) is 8.24. The van der Waals surface area contributed by atoms with E-state index in [1.54, 1.807) is 6.92 Å². The molecular formula is C14H21NO2. The molecule has 0 spiro atoms. The fourth-order valence-electron chi connectivity index (χ4n) is 1.49. The molecule has 0 aliphatic carbocycles. The van der Waals surface area contributed by atoms with Gasteiger partial charge in [-0.25, -0.2) is 0 Å². The number of ether oxygens (including phenoxy) is 1. The minimum Gasteiger partial charge on any atom is -0.481 e. The van der Waals surface area contributed by atoms with Gasteiger partial charge in [0.1, 0.15) is 5.75 Å². The normalized spacial score (nSPS) is 11.9. The first kappa shape index (κ1) is 13.6. The molecule has 94 valence electrons. The quantitative estimate of drug-likeness (QED) is 0.738. The molecule has 0 fully saturated rings. The SMILES string of the molecule is CCCCCNC(=O)C(C)Oc1ccccc1. The van der Waals surface area contributed by atoms with E-state index in [0.29, 0.717) is 0 Å². The van der Waals surface area contributed by atoms with Gasteiger partial charge in [-0.2, -0.15) is 0 Å². The summed E-state index contributed by atoms with van der Waals surface area (Å²) in [7, 11) is 0. The average molecular weight is 235 g/mol. The van der Waals surface area contributed by atoms with Gasteiger partial charge < -0.3 is 10.1 Å². The van der Waals surface area contributed by atoms with Crippen molar-refractivity contribution in [3.63, 3.8) is 0 Å². The van der Waals surface area contributed by atoms with Crippen LogP contribution in [0.2, 0.25) is 0 Å². The fraction of sp³-hybridized carbons (Fsp3) is 0.500. The van der Waals surface area contributed by atoms with Crippen molar-refractivity contribution in [3.05, 3.63) is 30.3 Å². The number of hydrogen-bond acceptors (Lipinski definition) is 2. The van der Waals surface area contributed by atoms with Crippen LogP contribution in [0.3, 0.4) is 0 Å². The van der Waals surface area contributed by atoms with E-state index in [1.165, 1.54) is 0 Å². The Morgan fingerprint density at radius 1 is 1.29 bits per heavy atom. The molecule has 1 rings (SSSR count). The molecule has 0 heterocycles. The predicted octanol–water partition coefficient (Wildman–Crippen LogP) is 2.76.